The Bertz CT molecular complexity index is 882. The summed E-state index contributed by atoms with van der Waals surface area (Å²) < 4.78 is 18.3. The highest BCUT2D eigenvalue weighted by atomic mass is 79.9. The predicted octanol–water partition coefficient (Wildman–Crippen LogP) is 5.86. The van der Waals surface area contributed by atoms with Crippen LogP contribution < -0.4 is 4.74 Å². The van der Waals surface area contributed by atoms with Gasteiger partial charge in [0, 0.05) is 36.3 Å². The molecule has 1 N–H and O–H groups in total. The molecule has 172 valence electrons. The van der Waals surface area contributed by atoms with E-state index < -0.39 is 0 Å². The Morgan fingerprint density at radius 2 is 1.97 bits per heavy atom. The number of hydrogen-bond donors (Lipinski definition) is 1. The fourth-order valence-corrected chi connectivity index (χ4v) is 4.91. The van der Waals surface area contributed by atoms with Crippen LogP contribution in [0.1, 0.15) is 48.8 Å². The summed E-state index contributed by atoms with van der Waals surface area (Å²) in [5.74, 6) is 1.26. The van der Waals surface area contributed by atoms with Crippen molar-refractivity contribution in [3.63, 3.8) is 0 Å². The monoisotopic (exact) mass is 500 g/mol. The molecule has 1 aliphatic heterocycles. The number of alkyl halides is 1. The van der Waals surface area contributed by atoms with Gasteiger partial charge in [-0.05, 0) is 48.4 Å². The van der Waals surface area contributed by atoms with Crippen LogP contribution in [0.5, 0.6) is 5.75 Å². The standard InChI is InChI=1S/C27H33BrO4/c28-14-5-16-30-27-19-23(13-17-31-27)25(12-15-29)32-26-9-4-8-22-18-21(10-11-24(22)26)20-6-2-1-3-7-20/h1-4,6-9,18,23,25,27,29H,5,10-17,19H2. The Morgan fingerprint density at radius 3 is 2.78 bits per heavy atom. The Labute approximate surface area is 199 Å². The van der Waals surface area contributed by atoms with E-state index in [2.05, 4.69) is 70.5 Å². The first-order valence-corrected chi connectivity index (χ1v) is 12.8. The summed E-state index contributed by atoms with van der Waals surface area (Å²) >= 11 is 3.44. The first-order valence-electron chi connectivity index (χ1n) is 11.7. The van der Waals surface area contributed by atoms with Crippen molar-refractivity contribution in [2.45, 2.75) is 50.9 Å². The van der Waals surface area contributed by atoms with Crippen LogP contribution >= 0.6 is 15.9 Å². The minimum atomic E-state index is -0.182. The smallest absolute Gasteiger partial charge is 0.157 e. The second kappa shape index (κ2) is 12.0. The SMILES string of the molecule is OCCC(Oc1cccc2c1CCC(c1ccccc1)=C2)C1CCOC(OCCCBr)C1. The van der Waals surface area contributed by atoms with E-state index >= 15 is 0 Å². The summed E-state index contributed by atoms with van der Waals surface area (Å²) in [5.41, 5.74) is 5.16. The molecule has 3 unspecified atom stereocenters. The van der Waals surface area contributed by atoms with Crippen LogP contribution in [0.4, 0.5) is 0 Å². The van der Waals surface area contributed by atoms with Gasteiger partial charge in [-0.2, -0.15) is 0 Å². The van der Waals surface area contributed by atoms with Crippen molar-refractivity contribution in [2.75, 3.05) is 25.2 Å². The van der Waals surface area contributed by atoms with Gasteiger partial charge in [-0.1, -0.05) is 64.5 Å². The van der Waals surface area contributed by atoms with E-state index in [1.165, 1.54) is 22.3 Å². The first kappa shape index (κ1) is 23.5. The van der Waals surface area contributed by atoms with Crippen LogP contribution in [0.3, 0.4) is 0 Å². The number of hydrogen-bond acceptors (Lipinski definition) is 4. The van der Waals surface area contributed by atoms with E-state index in [-0.39, 0.29) is 19.0 Å². The lowest BCUT2D eigenvalue weighted by atomic mass is 9.87. The molecule has 2 aromatic rings. The van der Waals surface area contributed by atoms with Gasteiger partial charge in [0.25, 0.3) is 0 Å². The lowest BCUT2D eigenvalue weighted by molar-refractivity contribution is -0.182. The number of allylic oxidation sites excluding steroid dienone is 1. The van der Waals surface area contributed by atoms with Crippen molar-refractivity contribution >= 4 is 27.6 Å². The molecule has 2 aliphatic rings. The van der Waals surface area contributed by atoms with Gasteiger partial charge >= 0.3 is 0 Å². The van der Waals surface area contributed by atoms with Crippen LogP contribution in [0, 0.1) is 5.92 Å². The average Bonchev–Trinajstić information content (AvgIpc) is 2.84. The molecule has 0 radical (unpaired) electrons. The lowest BCUT2D eigenvalue weighted by Crippen LogP contribution is -2.37. The number of ether oxygens (including phenoxy) is 3. The lowest BCUT2D eigenvalue weighted by Gasteiger charge is -2.35. The zero-order valence-electron chi connectivity index (χ0n) is 18.5. The van der Waals surface area contributed by atoms with Gasteiger partial charge in [-0.25, -0.2) is 0 Å². The molecule has 5 heteroatoms. The van der Waals surface area contributed by atoms with E-state index in [1.54, 1.807) is 0 Å². The van der Waals surface area contributed by atoms with Crippen LogP contribution in [0.2, 0.25) is 0 Å². The summed E-state index contributed by atoms with van der Waals surface area (Å²) in [5, 5.41) is 10.7. The molecule has 2 aromatic carbocycles. The Kier molecular flexibility index (Phi) is 8.80. The van der Waals surface area contributed by atoms with E-state index in [9.17, 15) is 5.11 Å². The molecule has 1 saturated heterocycles. The van der Waals surface area contributed by atoms with Gasteiger partial charge in [-0.3, -0.25) is 0 Å². The molecule has 0 bridgehead atoms. The third-order valence-electron chi connectivity index (χ3n) is 6.37. The highest BCUT2D eigenvalue weighted by Crippen LogP contribution is 2.37. The molecule has 0 spiro atoms. The number of aliphatic hydroxyl groups excluding tert-OH is 1. The number of fused-ring (bicyclic) bond motifs is 1. The second-order valence-corrected chi connectivity index (χ2v) is 9.32. The molecule has 4 rings (SSSR count). The number of aliphatic hydroxyl groups is 1. The fraction of sp³-hybridized carbons (Fsp3) is 0.481. The van der Waals surface area contributed by atoms with Gasteiger partial charge < -0.3 is 19.3 Å². The van der Waals surface area contributed by atoms with Crippen LogP contribution in [0.25, 0.3) is 11.6 Å². The Balaban J connectivity index is 1.48. The van der Waals surface area contributed by atoms with Gasteiger partial charge in [0.05, 0.1) is 13.2 Å². The zero-order chi connectivity index (χ0) is 22.2. The minimum Gasteiger partial charge on any atom is -0.490 e. The summed E-state index contributed by atoms with van der Waals surface area (Å²) in [4.78, 5) is 0. The predicted molar refractivity (Wildman–Crippen MR) is 132 cm³/mol. The molecule has 1 fully saturated rings. The molecular weight excluding hydrogens is 468 g/mol. The maximum Gasteiger partial charge on any atom is 0.157 e. The summed E-state index contributed by atoms with van der Waals surface area (Å²) in [6.07, 6.45) is 7.35. The third kappa shape index (κ3) is 6.02. The second-order valence-electron chi connectivity index (χ2n) is 8.53. The summed E-state index contributed by atoms with van der Waals surface area (Å²) in [7, 11) is 0. The normalized spacial score (nSPS) is 21.5. The molecule has 32 heavy (non-hydrogen) atoms. The quantitative estimate of drug-likeness (QED) is 0.328. The van der Waals surface area contributed by atoms with Gasteiger partial charge in [-0.15, -0.1) is 0 Å². The molecule has 0 saturated carbocycles. The van der Waals surface area contributed by atoms with E-state index in [0.717, 1.165) is 43.2 Å². The van der Waals surface area contributed by atoms with Gasteiger partial charge in [0.2, 0.25) is 0 Å². The topological polar surface area (TPSA) is 47.9 Å². The van der Waals surface area contributed by atoms with Gasteiger partial charge in [0.15, 0.2) is 6.29 Å². The molecule has 3 atom stereocenters. The minimum absolute atomic E-state index is 0.0443. The summed E-state index contributed by atoms with van der Waals surface area (Å²) in [6, 6.07) is 16.9. The largest absolute Gasteiger partial charge is 0.490 e. The van der Waals surface area contributed by atoms with E-state index in [4.69, 9.17) is 14.2 Å². The van der Waals surface area contributed by atoms with Crippen molar-refractivity contribution < 1.29 is 19.3 Å². The average molecular weight is 501 g/mol. The summed E-state index contributed by atoms with van der Waals surface area (Å²) in [6.45, 7) is 1.48. The van der Waals surface area contributed by atoms with Crippen LogP contribution in [0.15, 0.2) is 48.5 Å². The van der Waals surface area contributed by atoms with Crippen molar-refractivity contribution in [1.29, 1.82) is 0 Å². The molecule has 4 nitrogen and oxygen atoms in total. The van der Waals surface area contributed by atoms with E-state index in [0.29, 0.717) is 25.6 Å². The fourth-order valence-electron chi connectivity index (χ4n) is 4.68. The molecule has 1 heterocycles. The third-order valence-corrected chi connectivity index (χ3v) is 6.94. The first-order chi connectivity index (χ1) is 15.8. The van der Waals surface area contributed by atoms with Crippen molar-refractivity contribution in [3.05, 3.63) is 65.2 Å². The Hall–Kier alpha value is -1.66. The maximum absolute atomic E-state index is 9.73. The molecular formula is C27H33BrO4. The molecule has 0 amide bonds. The van der Waals surface area contributed by atoms with Crippen molar-refractivity contribution in [1.82, 2.24) is 0 Å². The molecule has 1 aliphatic carbocycles. The van der Waals surface area contributed by atoms with Crippen LogP contribution in [-0.2, 0) is 15.9 Å². The zero-order valence-corrected chi connectivity index (χ0v) is 20.1. The number of rotatable bonds is 10. The van der Waals surface area contributed by atoms with Crippen molar-refractivity contribution in [3.8, 4) is 5.75 Å². The Morgan fingerprint density at radius 1 is 1.09 bits per heavy atom. The highest BCUT2D eigenvalue weighted by molar-refractivity contribution is 9.09. The highest BCUT2D eigenvalue weighted by Gasteiger charge is 2.31. The van der Waals surface area contributed by atoms with Crippen LogP contribution in [-0.4, -0.2) is 42.7 Å². The molecule has 0 aromatic heterocycles. The maximum atomic E-state index is 9.73. The number of halogens is 1. The van der Waals surface area contributed by atoms with Crippen molar-refractivity contribution in [2.24, 2.45) is 5.92 Å². The van der Waals surface area contributed by atoms with E-state index in [1.807, 2.05) is 0 Å². The van der Waals surface area contributed by atoms with Gasteiger partial charge in [0.1, 0.15) is 11.9 Å². The number of benzene rings is 2.